The van der Waals surface area contributed by atoms with E-state index >= 15 is 0 Å². The first-order valence-electron chi connectivity index (χ1n) is 11.0. The number of halogens is 1. The normalized spacial score (nSPS) is 21.3. The summed E-state index contributed by atoms with van der Waals surface area (Å²) in [4.78, 5) is 7.23. The molecule has 0 radical (unpaired) electrons. The van der Waals surface area contributed by atoms with E-state index in [4.69, 9.17) is 18.9 Å². The molecule has 166 valence electrons. The topological polar surface area (TPSA) is 59.2 Å². The molecule has 0 aromatic carbocycles. The zero-order valence-corrected chi connectivity index (χ0v) is 20.3. The Morgan fingerprint density at radius 3 is 2.76 bits per heavy atom. The van der Waals surface area contributed by atoms with Crippen molar-refractivity contribution in [2.24, 2.45) is 10.9 Å². The van der Waals surface area contributed by atoms with Gasteiger partial charge in [0.25, 0.3) is 0 Å². The summed E-state index contributed by atoms with van der Waals surface area (Å²) in [6, 6.07) is 3.96. The first kappa shape index (κ1) is 24.5. The van der Waals surface area contributed by atoms with Gasteiger partial charge in [0.1, 0.15) is 5.76 Å². The lowest BCUT2D eigenvalue weighted by molar-refractivity contribution is -0.0721. The Morgan fingerprint density at radius 2 is 2.10 bits per heavy atom. The van der Waals surface area contributed by atoms with E-state index in [1.54, 1.807) is 6.26 Å². The largest absolute Gasteiger partial charge is 0.469 e. The Hall–Kier alpha value is -0.800. The predicted molar refractivity (Wildman–Crippen MR) is 127 cm³/mol. The van der Waals surface area contributed by atoms with Crippen molar-refractivity contribution in [3.05, 3.63) is 24.2 Å². The summed E-state index contributed by atoms with van der Waals surface area (Å²) in [5.74, 6) is 2.58. The molecule has 0 saturated carbocycles. The molecular formula is C22H38IN3O3. The van der Waals surface area contributed by atoms with Crippen LogP contribution in [0.2, 0.25) is 0 Å². The third kappa shape index (κ3) is 8.84. The molecule has 2 aliphatic heterocycles. The van der Waals surface area contributed by atoms with Gasteiger partial charge in [-0.05, 0) is 50.2 Å². The highest BCUT2D eigenvalue weighted by atomic mass is 127. The number of guanidine groups is 1. The van der Waals surface area contributed by atoms with E-state index in [9.17, 15) is 0 Å². The predicted octanol–water partition coefficient (Wildman–Crippen LogP) is 4.09. The third-order valence-corrected chi connectivity index (χ3v) is 5.37. The molecule has 1 atom stereocenters. The zero-order valence-electron chi connectivity index (χ0n) is 18.0. The van der Waals surface area contributed by atoms with Crippen molar-refractivity contribution in [2.75, 3.05) is 39.4 Å². The van der Waals surface area contributed by atoms with Crippen molar-refractivity contribution in [3.8, 4) is 0 Å². The molecule has 1 N–H and O–H groups in total. The van der Waals surface area contributed by atoms with E-state index in [0.717, 1.165) is 76.8 Å². The number of furan rings is 1. The van der Waals surface area contributed by atoms with Gasteiger partial charge in [-0.15, -0.1) is 24.0 Å². The van der Waals surface area contributed by atoms with Crippen LogP contribution in [-0.4, -0.2) is 62.5 Å². The first-order chi connectivity index (χ1) is 13.7. The highest BCUT2D eigenvalue weighted by Gasteiger charge is 2.24. The molecule has 0 spiro atoms. The molecule has 0 aliphatic carbocycles. The van der Waals surface area contributed by atoms with Crippen LogP contribution in [0.3, 0.4) is 0 Å². The fourth-order valence-electron chi connectivity index (χ4n) is 3.71. The van der Waals surface area contributed by atoms with Gasteiger partial charge in [-0.2, -0.15) is 0 Å². The van der Waals surface area contributed by atoms with Gasteiger partial charge < -0.3 is 24.1 Å². The Morgan fingerprint density at radius 1 is 1.28 bits per heavy atom. The SMILES string of the molecule is CC(C)CN=C(NCCc1ccco1)N1CCC(OCC2CCCCO2)CC1.I. The highest BCUT2D eigenvalue weighted by Crippen LogP contribution is 2.18. The number of ether oxygens (including phenoxy) is 2. The Kier molecular flexibility index (Phi) is 11.4. The molecule has 0 amide bonds. The number of hydrogen-bond acceptors (Lipinski definition) is 4. The molecule has 7 heteroatoms. The molecule has 2 fully saturated rings. The van der Waals surface area contributed by atoms with Crippen LogP contribution in [0.1, 0.15) is 51.7 Å². The summed E-state index contributed by atoms with van der Waals surface area (Å²) in [6.07, 6.45) is 8.95. The summed E-state index contributed by atoms with van der Waals surface area (Å²) in [6.45, 7) is 9.71. The maximum Gasteiger partial charge on any atom is 0.193 e. The fraction of sp³-hybridized carbons (Fsp3) is 0.773. The lowest BCUT2D eigenvalue weighted by atomic mass is 10.1. The van der Waals surface area contributed by atoms with Crippen LogP contribution in [0.15, 0.2) is 27.8 Å². The van der Waals surface area contributed by atoms with Crippen LogP contribution < -0.4 is 5.32 Å². The van der Waals surface area contributed by atoms with E-state index in [0.29, 0.717) is 18.1 Å². The van der Waals surface area contributed by atoms with E-state index in [1.807, 2.05) is 12.1 Å². The summed E-state index contributed by atoms with van der Waals surface area (Å²) in [7, 11) is 0. The maximum absolute atomic E-state index is 6.15. The number of rotatable bonds is 8. The van der Waals surface area contributed by atoms with Gasteiger partial charge in [-0.3, -0.25) is 4.99 Å². The van der Waals surface area contributed by atoms with Gasteiger partial charge in [0.05, 0.1) is 25.1 Å². The number of nitrogens with one attached hydrogen (secondary N) is 1. The van der Waals surface area contributed by atoms with Gasteiger partial charge >= 0.3 is 0 Å². The number of hydrogen-bond donors (Lipinski definition) is 1. The Labute approximate surface area is 192 Å². The number of aliphatic imine (C=N–C) groups is 1. The van der Waals surface area contributed by atoms with Gasteiger partial charge in [0.2, 0.25) is 0 Å². The standard InChI is InChI=1S/C22H37N3O3.HI/c1-18(2)16-24-22(23-11-8-19-7-5-15-26-19)25-12-9-20(10-13-25)28-17-21-6-3-4-14-27-21;/h5,7,15,18,20-21H,3-4,6,8-14,16-17H2,1-2H3,(H,23,24);1H. The minimum Gasteiger partial charge on any atom is -0.469 e. The first-order valence-corrected chi connectivity index (χ1v) is 11.0. The van der Waals surface area contributed by atoms with E-state index in [2.05, 4.69) is 24.1 Å². The Bertz CT molecular complexity index is 566. The molecule has 1 aromatic heterocycles. The molecule has 0 bridgehead atoms. The quantitative estimate of drug-likeness (QED) is 0.319. The third-order valence-electron chi connectivity index (χ3n) is 5.37. The van der Waals surface area contributed by atoms with Crippen LogP contribution in [0.5, 0.6) is 0 Å². The second-order valence-corrected chi connectivity index (χ2v) is 8.32. The molecule has 2 saturated heterocycles. The van der Waals surface area contributed by atoms with Crippen LogP contribution in [-0.2, 0) is 15.9 Å². The lowest BCUT2D eigenvalue weighted by Crippen LogP contribution is -2.48. The van der Waals surface area contributed by atoms with Crippen molar-refractivity contribution < 1.29 is 13.9 Å². The molecule has 3 heterocycles. The molecule has 6 nitrogen and oxygen atoms in total. The van der Waals surface area contributed by atoms with E-state index in [1.165, 1.54) is 12.8 Å². The number of nitrogens with zero attached hydrogens (tertiary/aromatic N) is 2. The lowest BCUT2D eigenvalue weighted by Gasteiger charge is -2.35. The highest BCUT2D eigenvalue weighted by molar-refractivity contribution is 14.0. The van der Waals surface area contributed by atoms with Crippen molar-refractivity contribution in [2.45, 2.75) is 64.6 Å². The number of piperidine rings is 1. The van der Waals surface area contributed by atoms with Gasteiger partial charge in [0, 0.05) is 39.2 Å². The molecule has 1 aromatic rings. The van der Waals surface area contributed by atoms with Gasteiger partial charge in [0.15, 0.2) is 5.96 Å². The van der Waals surface area contributed by atoms with E-state index in [-0.39, 0.29) is 24.0 Å². The van der Waals surface area contributed by atoms with Gasteiger partial charge in [-0.25, -0.2) is 0 Å². The van der Waals surface area contributed by atoms with Crippen LogP contribution >= 0.6 is 24.0 Å². The van der Waals surface area contributed by atoms with Crippen molar-refractivity contribution >= 4 is 29.9 Å². The molecular weight excluding hydrogens is 481 g/mol. The summed E-state index contributed by atoms with van der Waals surface area (Å²) >= 11 is 0. The van der Waals surface area contributed by atoms with Crippen LogP contribution in [0, 0.1) is 5.92 Å². The smallest absolute Gasteiger partial charge is 0.193 e. The van der Waals surface area contributed by atoms with E-state index < -0.39 is 0 Å². The van der Waals surface area contributed by atoms with Crippen molar-refractivity contribution in [3.63, 3.8) is 0 Å². The summed E-state index contributed by atoms with van der Waals surface area (Å²) < 4.78 is 17.4. The fourth-order valence-corrected chi connectivity index (χ4v) is 3.71. The number of likely N-dealkylation sites (tertiary alicyclic amines) is 1. The van der Waals surface area contributed by atoms with Crippen LogP contribution in [0.25, 0.3) is 0 Å². The molecule has 1 unspecified atom stereocenters. The minimum atomic E-state index is 0. The van der Waals surface area contributed by atoms with Crippen molar-refractivity contribution in [1.82, 2.24) is 10.2 Å². The molecule has 2 aliphatic rings. The van der Waals surface area contributed by atoms with Gasteiger partial charge in [-0.1, -0.05) is 13.8 Å². The summed E-state index contributed by atoms with van der Waals surface area (Å²) in [5, 5.41) is 3.54. The van der Waals surface area contributed by atoms with Crippen molar-refractivity contribution in [1.29, 1.82) is 0 Å². The zero-order chi connectivity index (χ0) is 19.6. The summed E-state index contributed by atoms with van der Waals surface area (Å²) in [5.41, 5.74) is 0. The monoisotopic (exact) mass is 519 g/mol. The maximum atomic E-state index is 6.15. The minimum absolute atomic E-state index is 0. The molecule has 3 rings (SSSR count). The molecule has 29 heavy (non-hydrogen) atoms. The van der Waals surface area contributed by atoms with Crippen LogP contribution in [0.4, 0.5) is 0 Å². The average molecular weight is 519 g/mol. The second kappa shape index (κ2) is 13.5. The average Bonchev–Trinajstić information content (AvgIpc) is 3.24. The Balaban J connectivity index is 0.00000300. The second-order valence-electron chi connectivity index (χ2n) is 8.32.